The van der Waals surface area contributed by atoms with Gasteiger partial charge in [-0.3, -0.25) is 9.59 Å². The number of rotatable bonds is 8. The summed E-state index contributed by atoms with van der Waals surface area (Å²) in [5.74, 6) is 0.736. The molecule has 2 rings (SSSR count). The number of hydrogen-bond acceptors (Lipinski definition) is 5. The summed E-state index contributed by atoms with van der Waals surface area (Å²) in [4.78, 5) is 28.3. The molecule has 0 spiro atoms. The smallest absolute Gasteiger partial charge is 0.254 e. The molecule has 0 atom stereocenters. The molecule has 0 unspecified atom stereocenters. The number of carbonyl (C=O) groups is 2. The summed E-state index contributed by atoms with van der Waals surface area (Å²) in [6, 6.07) is 7.87. The number of halogens is 1. The zero-order valence-corrected chi connectivity index (χ0v) is 15.9. The van der Waals surface area contributed by atoms with Crippen LogP contribution in [0.25, 0.3) is 0 Å². The largest absolute Gasteiger partial charge is 0.363 e. The van der Waals surface area contributed by atoms with Crippen LogP contribution < -0.4 is 10.6 Å². The fraction of sp³-hybridized carbons (Fsp3) is 0.316. The van der Waals surface area contributed by atoms with E-state index >= 15 is 0 Å². The number of aromatic nitrogens is 1. The van der Waals surface area contributed by atoms with Crippen molar-refractivity contribution in [2.24, 2.45) is 0 Å². The van der Waals surface area contributed by atoms with Gasteiger partial charge in [0.1, 0.15) is 22.4 Å². The SMILES string of the molecule is CCSc1nc(NCC(C)=O)cc(C)c1C(=O)NCc1cccc(F)c1. The molecule has 2 N–H and O–H groups in total. The van der Waals surface area contributed by atoms with E-state index in [0.717, 1.165) is 11.3 Å². The van der Waals surface area contributed by atoms with Crippen LogP contribution in [0.1, 0.15) is 35.3 Å². The Morgan fingerprint density at radius 1 is 1.27 bits per heavy atom. The van der Waals surface area contributed by atoms with Gasteiger partial charge in [0, 0.05) is 6.54 Å². The van der Waals surface area contributed by atoms with Crippen molar-refractivity contribution >= 4 is 29.3 Å². The van der Waals surface area contributed by atoms with E-state index in [1.165, 1.54) is 30.8 Å². The Balaban J connectivity index is 2.19. The van der Waals surface area contributed by atoms with E-state index in [1.54, 1.807) is 18.2 Å². The molecule has 0 bridgehead atoms. The third-order valence-corrected chi connectivity index (χ3v) is 4.41. The molecule has 0 saturated heterocycles. The summed E-state index contributed by atoms with van der Waals surface area (Å²) in [6.07, 6.45) is 0. The molecule has 5 nitrogen and oxygen atoms in total. The van der Waals surface area contributed by atoms with Crippen molar-refractivity contribution in [2.75, 3.05) is 17.6 Å². The van der Waals surface area contributed by atoms with Crippen molar-refractivity contribution in [1.29, 1.82) is 0 Å². The summed E-state index contributed by atoms with van der Waals surface area (Å²) >= 11 is 1.46. The predicted octanol–water partition coefficient (Wildman–Crippen LogP) is 3.57. The first-order chi connectivity index (χ1) is 12.4. The number of nitrogens with zero attached hydrogens (tertiary/aromatic N) is 1. The molecule has 0 radical (unpaired) electrons. The normalized spacial score (nSPS) is 10.5. The van der Waals surface area contributed by atoms with Crippen molar-refractivity contribution < 1.29 is 14.0 Å². The summed E-state index contributed by atoms with van der Waals surface area (Å²) < 4.78 is 13.3. The second-order valence-corrected chi connectivity index (χ2v) is 7.06. The van der Waals surface area contributed by atoms with Crippen LogP contribution in [0.5, 0.6) is 0 Å². The number of Topliss-reactive ketones (excluding diaryl/α,β-unsaturated/α-hetero) is 1. The molecule has 0 fully saturated rings. The summed E-state index contributed by atoms with van der Waals surface area (Å²) in [5, 5.41) is 6.39. The van der Waals surface area contributed by atoms with Gasteiger partial charge >= 0.3 is 0 Å². The maximum absolute atomic E-state index is 13.3. The average Bonchev–Trinajstić information content (AvgIpc) is 2.58. The highest BCUT2D eigenvalue weighted by atomic mass is 32.2. The molecule has 0 aliphatic carbocycles. The molecule has 7 heteroatoms. The first-order valence-corrected chi connectivity index (χ1v) is 9.29. The van der Waals surface area contributed by atoms with Gasteiger partial charge in [-0.15, -0.1) is 11.8 Å². The molecule has 0 saturated carbocycles. The Bertz CT molecular complexity index is 811. The van der Waals surface area contributed by atoms with Gasteiger partial charge in [0.25, 0.3) is 5.91 Å². The summed E-state index contributed by atoms with van der Waals surface area (Å²) in [5.41, 5.74) is 1.95. The zero-order chi connectivity index (χ0) is 19.1. The number of benzene rings is 1. The van der Waals surface area contributed by atoms with E-state index in [0.29, 0.717) is 22.0 Å². The number of nitrogens with one attached hydrogen (secondary N) is 2. The third-order valence-electron chi connectivity index (χ3n) is 3.55. The number of amides is 1. The van der Waals surface area contributed by atoms with Crippen molar-refractivity contribution in [3.05, 3.63) is 52.8 Å². The van der Waals surface area contributed by atoms with Crippen LogP contribution in [0.4, 0.5) is 10.2 Å². The molecule has 1 heterocycles. The Morgan fingerprint density at radius 3 is 2.69 bits per heavy atom. The Kier molecular flexibility index (Phi) is 7.15. The molecular weight excluding hydrogens is 353 g/mol. The van der Waals surface area contributed by atoms with Crippen molar-refractivity contribution in [1.82, 2.24) is 10.3 Å². The molecule has 138 valence electrons. The quantitative estimate of drug-likeness (QED) is 0.690. The average molecular weight is 375 g/mol. The lowest BCUT2D eigenvalue weighted by Gasteiger charge is -2.14. The molecule has 0 aliphatic heterocycles. The van der Waals surface area contributed by atoms with E-state index in [4.69, 9.17) is 0 Å². The van der Waals surface area contributed by atoms with Crippen LogP contribution in [0, 0.1) is 12.7 Å². The van der Waals surface area contributed by atoms with Crippen LogP contribution in [-0.4, -0.2) is 29.0 Å². The molecule has 1 amide bonds. The first-order valence-electron chi connectivity index (χ1n) is 8.31. The third kappa shape index (κ3) is 5.56. The van der Waals surface area contributed by atoms with E-state index in [-0.39, 0.29) is 30.6 Å². The molecule has 2 aromatic rings. The topological polar surface area (TPSA) is 71.1 Å². The van der Waals surface area contributed by atoms with Gasteiger partial charge in [0.05, 0.1) is 12.1 Å². The Hall–Kier alpha value is -2.41. The van der Waals surface area contributed by atoms with E-state index in [1.807, 2.05) is 13.8 Å². The van der Waals surface area contributed by atoms with Gasteiger partial charge in [0.2, 0.25) is 0 Å². The highest BCUT2D eigenvalue weighted by molar-refractivity contribution is 7.99. The van der Waals surface area contributed by atoms with E-state index in [2.05, 4.69) is 15.6 Å². The van der Waals surface area contributed by atoms with Gasteiger partial charge in [-0.25, -0.2) is 9.37 Å². The van der Waals surface area contributed by atoms with E-state index in [9.17, 15) is 14.0 Å². The minimum Gasteiger partial charge on any atom is -0.363 e. The number of ketones is 1. The Morgan fingerprint density at radius 2 is 2.04 bits per heavy atom. The molecule has 26 heavy (non-hydrogen) atoms. The number of thioether (sulfide) groups is 1. The van der Waals surface area contributed by atoms with Gasteiger partial charge in [-0.2, -0.15) is 0 Å². The highest BCUT2D eigenvalue weighted by Crippen LogP contribution is 2.26. The maximum Gasteiger partial charge on any atom is 0.254 e. The van der Waals surface area contributed by atoms with Gasteiger partial charge in [0.15, 0.2) is 0 Å². The lowest BCUT2D eigenvalue weighted by atomic mass is 10.1. The van der Waals surface area contributed by atoms with Crippen molar-refractivity contribution in [2.45, 2.75) is 32.3 Å². The van der Waals surface area contributed by atoms with Crippen molar-refractivity contribution in [3.8, 4) is 0 Å². The molecular formula is C19H22FN3O2S. The zero-order valence-electron chi connectivity index (χ0n) is 15.1. The monoisotopic (exact) mass is 375 g/mol. The van der Waals surface area contributed by atoms with Crippen molar-refractivity contribution in [3.63, 3.8) is 0 Å². The number of carbonyl (C=O) groups excluding carboxylic acids is 2. The van der Waals surface area contributed by atoms with Crippen LogP contribution in [0.3, 0.4) is 0 Å². The molecule has 1 aromatic carbocycles. The van der Waals surface area contributed by atoms with Crippen LogP contribution in [0.15, 0.2) is 35.4 Å². The predicted molar refractivity (Wildman–Crippen MR) is 102 cm³/mol. The van der Waals surface area contributed by atoms with Gasteiger partial charge in [-0.1, -0.05) is 19.1 Å². The van der Waals surface area contributed by atoms with Crippen LogP contribution in [-0.2, 0) is 11.3 Å². The summed E-state index contributed by atoms with van der Waals surface area (Å²) in [6.45, 7) is 5.73. The fourth-order valence-corrected chi connectivity index (χ4v) is 3.22. The number of hydrogen-bond donors (Lipinski definition) is 2. The lowest BCUT2D eigenvalue weighted by molar-refractivity contribution is -0.115. The highest BCUT2D eigenvalue weighted by Gasteiger charge is 2.17. The van der Waals surface area contributed by atoms with E-state index < -0.39 is 0 Å². The molecule has 1 aromatic heterocycles. The molecule has 0 aliphatic rings. The maximum atomic E-state index is 13.3. The first kappa shape index (κ1) is 19.9. The number of anilines is 1. The number of pyridine rings is 1. The second-order valence-electron chi connectivity index (χ2n) is 5.81. The standard InChI is InChI=1S/C19H22FN3O2S/c1-4-26-19-17(12(2)8-16(23-19)21-10-13(3)24)18(25)22-11-14-6-5-7-15(20)9-14/h5-9H,4,10-11H2,1-3H3,(H,21,23)(H,22,25). The number of aryl methyl sites for hydroxylation is 1. The fourth-order valence-electron chi connectivity index (χ4n) is 2.38. The Labute approximate surface area is 156 Å². The minimum absolute atomic E-state index is 0.00561. The minimum atomic E-state index is -0.335. The van der Waals surface area contributed by atoms with Gasteiger partial charge in [-0.05, 0) is 48.9 Å². The summed E-state index contributed by atoms with van der Waals surface area (Å²) in [7, 11) is 0. The van der Waals surface area contributed by atoms with Crippen LogP contribution in [0.2, 0.25) is 0 Å². The lowest BCUT2D eigenvalue weighted by Crippen LogP contribution is -2.25. The van der Waals surface area contributed by atoms with Crippen LogP contribution >= 0.6 is 11.8 Å². The van der Waals surface area contributed by atoms with Gasteiger partial charge < -0.3 is 10.6 Å². The second kappa shape index (κ2) is 9.33.